The maximum absolute atomic E-state index is 11.6. The van der Waals surface area contributed by atoms with E-state index in [4.69, 9.17) is 4.74 Å². The lowest BCUT2D eigenvalue weighted by Gasteiger charge is -2.19. The minimum absolute atomic E-state index is 0.0350. The van der Waals surface area contributed by atoms with Gasteiger partial charge < -0.3 is 10.1 Å². The van der Waals surface area contributed by atoms with E-state index in [0.29, 0.717) is 18.1 Å². The summed E-state index contributed by atoms with van der Waals surface area (Å²) in [5, 5.41) is 4.10. The van der Waals surface area contributed by atoms with Gasteiger partial charge in [-0.1, -0.05) is 11.3 Å². The number of anilines is 2. The van der Waals surface area contributed by atoms with Gasteiger partial charge >= 0.3 is 0 Å². The zero-order chi connectivity index (χ0) is 19.4. The van der Waals surface area contributed by atoms with Crippen LogP contribution in [-0.4, -0.2) is 37.4 Å². The highest BCUT2D eigenvalue weighted by molar-refractivity contribution is 7.22. The molecule has 2 aromatic carbocycles. The van der Waals surface area contributed by atoms with Gasteiger partial charge in [-0.2, -0.15) is 0 Å². The molecule has 27 heavy (non-hydrogen) atoms. The van der Waals surface area contributed by atoms with E-state index in [0.717, 1.165) is 26.8 Å². The highest BCUT2D eigenvalue weighted by atomic mass is 32.1. The Morgan fingerprint density at radius 2 is 2.00 bits per heavy atom. The van der Waals surface area contributed by atoms with E-state index in [1.54, 1.807) is 25.3 Å². The SMILES string of the molecule is CCOc1ccc(NC(=NC)N(C)c2nc3cc(C(C)=O)ccc3s2)cc1. The average molecular weight is 382 g/mol. The predicted octanol–water partition coefficient (Wildman–Crippen LogP) is 4.43. The van der Waals surface area contributed by atoms with Gasteiger partial charge in [-0.05, 0) is 56.3 Å². The summed E-state index contributed by atoms with van der Waals surface area (Å²) in [4.78, 5) is 22.5. The van der Waals surface area contributed by atoms with E-state index in [1.165, 1.54) is 0 Å². The van der Waals surface area contributed by atoms with Crippen LogP contribution in [0.3, 0.4) is 0 Å². The van der Waals surface area contributed by atoms with E-state index in [1.807, 2.05) is 61.3 Å². The van der Waals surface area contributed by atoms with Gasteiger partial charge in [0.05, 0.1) is 16.8 Å². The van der Waals surface area contributed by atoms with Crippen molar-refractivity contribution in [1.29, 1.82) is 0 Å². The first kappa shape index (κ1) is 18.8. The fourth-order valence-electron chi connectivity index (χ4n) is 2.59. The number of ether oxygens (including phenoxy) is 1. The number of Topliss-reactive ketones (excluding diaryl/α,β-unsaturated/α-hetero) is 1. The molecule has 3 aromatic rings. The molecule has 0 aliphatic carbocycles. The summed E-state index contributed by atoms with van der Waals surface area (Å²) in [6, 6.07) is 13.3. The number of rotatable bonds is 5. The summed E-state index contributed by atoms with van der Waals surface area (Å²) >= 11 is 1.55. The fraction of sp³-hybridized carbons (Fsp3) is 0.250. The summed E-state index contributed by atoms with van der Waals surface area (Å²) in [5.41, 5.74) is 2.39. The molecule has 0 atom stereocenters. The number of hydrogen-bond donors (Lipinski definition) is 1. The first-order valence-electron chi connectivity index (χ1n) is 8.63. The molecule has 0 saturated carbocycles. The molecule has 0 aliphatic rings. The number of carbonyl (C=O) groups excluding carboxylic acids is 1. The molecule has 1 heterocycles. The molecule has 6 nitrogen and oxygen atoms in total. The van der Waals surface area contributed by atoms with E-state index >= 15 is 0 Å². The highest BCUT2D eigenvalue weighted by Gasteiger charge is 2.14. The van der Waals surface area contributed by atoms with Gasteiger partial charge in [0.25, 0.3) is 0 Å². The molecule has 0 fully saturated rings. The van der Waals surface area contributed by atoms with Gasteiger partial charge in [0.2, 0.25) is 5.96 Å². The van der Waals surface area contributed by atoms with Crippen molar-refractivity contribution >= 4 is 44.1 Å². The van der Waals surface area contributed by atoms with Crippen molar-refractivity contribution in [2.75, 3.05) is 30.9 Å². The third-order valence-electron chi connectivity index (χ3n) is 4.02. The fourth-order valence-corrected chi connectivity index (χ4v) is 3.50. The number of thiazole rings is 1. The number of nitrogens with one attached hydrogen (secondary N) is 1. The van der Waals surface area contributed by atoms with Crippen LogP contribution in [0.5, 0.6) is 5.75 Å². The number of ketones is 1. The lowest BCUT2D eigenvalue weighted by molar-refractivity contribution is 0.101. The Hall–Kier alpha value is -2.93. The molecule has 0 aliphatic heterocycles. The second-order valence-corrected chi connectivity index (χ2v) is 6.93. The number of hydrogen-bond acceptors (Lipinski definition) is 5. The Bertz CT molecular complexity index is 979. The molecule has 0 spiro atoms. The Balaban J connectivity index is 1.81. The quantitative estimate of drug-likeness (QED) is 0.402. The maximum atomic E-state index is 11.6. The molecule has 3 rings (SSSR count). The minimum atomic E-state index is 0.0350. The lowest BCUT2D eigenvalue weighted by Crippen LogP contribution is -2.32. The maximum Gasteiger partial charge on any atom is 0.204 e. The Kier molecular flexibility index (Phi) is 5.71. The number of fused-ring (bicyclic) bond motifs is 1. The second-order valence-electron chi connectivity index (χ2n) is 5.92. The average Bonchev–Trinajstić information content (AvgIpc) is 3.10. The molecule has 0 unspecified atom stereocenters. The van der Waals surface area contributed by atoms with Crippen molar-refractivity contribution in [2.45, 2.75) is 13.8 Å². The number of nitrogens with zero attached hydrogens (tertiary/aromatic N) is 3. The Morgan fingerprint density at radius 1 is 1.26 bits per heavy atom. The number of guanidine groups is 1. The standard InChI is InChI=1S/C20H22N4O2S/c1-5-26-16-9-7-15(8-10-16)22-19(21-3)24(4)20-23-17-12-14(13(2)25)6-11-18(17)27-20/h6-12H,5H2,1-4H3,(H,21,22). The zero-order valence-electron chi connectivity index (χ0n) is 15.8. The van der Waals surface area contributed by atoms with Gasteiger partial charge in [0.15, 0.2) is 10.9 Å². The number of carbonyl (C=O) groups is 1. The third-order valence-corrected chi connectivity index (χ3v) is 5.13. The molecule has 140 valence electrons. The zero-order valence-corrected chi connectivity index (χ0v) is 16.6. The number of aromatic nitrogens is 1. The predicted molar refractivity (Wildman–Crippen MR) is 113 cm³/mol. The van der Waals surface area contributed by atoms with Crippen LogP contribution < -0.4 is 15.0 Å². The largest absolute Gasteiger partial charge is 0.494 e. The summed E-state index contributed by atoms with van der Waals surface area (Å²) in [5.74, 6) is 1.54. The van der Waals surface area contributed by atoms with Gasteiger partial charge in [-0.15, -0.1) is 0 Å². The Morgan fingerprint density at radius 3 is 2.63 bits per heavy atom. The Labute approximate surface area is 162 Å². The molecule has 0 saturated heterocycles. The smallest absolute Gasteiger partial charge is 0.204 e. The van der Waals surface area contributed by atoms with Crippen molar-refractivity contribution in [3.05, 3.63) is 48.0 Å². The molecule has 1 aromatic heterocycles. The summed E-state index contributed by atoms with van der Waals surface area (Å²) in [6.07, 6.45) is 0. The van der Waals surface area contributed by atoms with Gasteiger partial charge in [0, 0.05) is 25.3 Å². The molecular formula is C20H22N4O2S. The van der Waals surface area contributed by atoms with E-state index in [-0.39, 0.29) is 5.78 Å². The minimum Gasteiger partial charge on any atom is -0.494 e. The lowest BCUT2D eigenvalue weighted by atomic mass is 10.1. The summed E-state index contributed by atoms with van der Waals surface area (Å²) < 4.78 is 6.49. The monoisotopic (exact) mass is 382 g/mol. The van der Waals surface area contributed by atoms with Crippen LogP contribution >= 0.6 is 11.3 Å². The number of benzene rings is 2. The van der Waals surface area contributed by atoms with Gasteiger partial charge in [-0.3, -0.25) is 14.7 Å². The molecule has 1 N–H and O–H groups in total. The summed E-state index contributed by atoms with van der Waals surface area (Å²) in [6.45, 7) is 4.16. The van der Waals surface area contributed by atoms with E-state index < -0.39 is 0 Å². The van der Waals surface area contributed by atoms with Crippen molar-refractivity contribution < 1.29 is 9.53 Å². The highest BCUT2D eigenvalue weighted by Crippen LogP contribution is 2.29. The molecule has 7 heteroatoms. The molecule has 0 amide bonds. The first-order valence-corrected chi connectivity index (χ1v) is 9.45. The molecule has 0 radical (unpaired) electrons. The van der Waals surface area contributed by atoms with Crippen LogP contribution in [0.4, 0.5) is 10.8 Å². The van der Waals surface area contributed by atoms with Crippen molar-refractivity contribution in [3.63, 3.8) is 0 Å². The van der Waals surface area contributed by atoms with Crippen molar-refractivity contribution in [2.24, 2.45) is 4.99 Å². The third kappa shape index (κ3) is 4.25. The summed E-state index contributed by atoms with van der Waals surface area (Å²) in [7, 11) is 3.64. The molecule has 0 bridgehead atoms. The van der Waals surface area contributed by atoms with Crippen LogP contribution in [0.25, 0.3) is 10.2 Å². The van der Waals surface area contributed by atoms with Crippen LogP contribution in [-0.2, 0) is 0 Å². The number of aliphatic imine (C=N–C) groups is 1. The van der Waals surface area contributed by atoms with Crippen LogP contribution in [0.1, 0.15) is 24.2 Å². The van der Waals surface area contributed by atoms with Gasteiger partial charge in [-0.25, -0.2) is 4.98 Å². The van der Waals surface area contributed by atoms with E-state index in [2.05, 4.69) is 15.3 Å². The van der Waals surface area contributed by atoms with Crippen LogP contribution in [0.2, 0.25) is 0 Å². The van der Waals surface area contributed by atoms with Crippen LogP contribution in [0.15, 0.2) is 47.5 Å². The molecular weight excluding hydrogens is 360 g/mol. The van der Waals surface area contributed by atoms with Gasteiger partial charge in [0.1, 0.15) is 5.75 Å². The van der Waals surface area contributed by atoms with E-state index in [9.17, 15) is 4.79 Å². The van der Waals surface area contributed by atoms with Crippen molar-refractivity contribution in [3.8, 4) is 5.75 Å². The van der Waals surface area contributed by atoms with Crippen molar-refractivity contribution in [1.82, 2.24) is 4.98 Å². The normalized spacial score (nSPS) is 11.5. The topological polar surface area (TPSA) is 66.8 Å². The first-order chi connectivity index (χ1) is 13.0. The van der Waals surface area contributed by atoms with Crippen LogP contribution in [0, 0.1) is 0 Å². The second kappa shape index (κ2) is 8.18.